The maximum Gasteiger partial charge on any atom is 0.313 e. The van der Waals surface area contributed by atoms with E-state index in [-0.39, 0.29) is 6.42 Å². The summed E-state index contributed by atoms with van der Waals surface area (Å²) in [6.45, 7) is 2.73. The fourth-order valence-electron chi connectivity index (χ4n) is 2.39. The molecule has 27 heavy (non-hydrogen) atoms. The number of carbonyl (C=O) groups is 3. The van der Waals surface area contributed by atoms with E-state index in [1.165, 1.54) is 13.3 Å². The van der Waals surface area contributed by atoms with Gasteiger partial charge in [-0.2, -0.15) is 5.10 Å². The topological polar surface area (TPSA) is 102 Å². The van der Waals surface area contributed by atoms with E-state index in [9.17, 15) is 14.4 Å². The van der Waals surface area contributed by atoms with E-state index in [4.69, 9.17) is 0 Å². The number of methoxy groups -OCH3 is 1. The number of aromatic nitrogens is 2. The van der Waals surface area contributed by atoms with Gasteiger partial charge in [-0.05, 0) is 24.1 Å². The van der Waals surface area contributed by atoms with Crippen molar-refractivity contribution in [1.82, 2.24) is 15.1 Å². The number of aryl methyl sites for hydroxylation is 1. The van der Waals surface area contributed by atoms with Gasteiger partial charge in [-0.3, -0.25) is 19.1 Å². The van der Waals surface area contributed by atoms with E-state index < -0.39 is 23.8 Å². The lowest BCUT2D eigenvalue weighted by atomic mass is 10.0. The van der Waals surface area contributed by atoms with Crippen molar-refractivity contribution < 1.29 is 19.1 Å². The number of hydrogen-bond donors (Lipinski definition) is 2. The maximum atomic E-state index is 12.3. The third-order valence-corrected chi connectivity index (χ3v) is 4.25. The summed E-state index contributed by atoms with van der Waals surface area (Å²) in [5.74, 6) is -2.18. The van der Waals surface area contributed by atoms with E-state index in [1.54, 1.807) is 35.1 Å². The van der Waals surface area contributed by atoms with Crippen molar-refractivity contribution in [1.29, 1.82) is 0 Å². The van der Waals surface area contributed by atoms with Gasteiger partial charge in [0.15, 0.2) is 0 Å². The molecule has 9 heteroatoms. The van der Waals surface area contributed by atoms with E-state index in [2.05, 4.69) is 36.4 Å². The van der Waals surface area contributed by atoms with Crippen LogP contribution in [-0.2, 0) is 25.7 Å². The fraction of sp³-hybridized carbons (Fsp3) is 0.333. The van der Waals surface area contributed by atoms with Crippen LogP contribution in [0.5, 0.6) is 0 Å². The lowest BCUT2D eigenvalue weighted by molar-refractivity contribution is -0.142. The Hall–Kier alpha value is -2.68. The van der Waals surface area contributed by atoms with Crippen molar-refractivity contribution in [3.8, 4) is 0 Å². The Morgan fingerprint density at radius 2 is 1.93 bits per heavy atom. The summed E-state index contributed by atoms with van der Waals surface area (Å²) in [5, 5.41) is 9.16. The fourth-order valence-corrected chi connectivity index (χ4v) is 2.65. The minimum atomic E-state index is -0.852. The molecule has 0 aliphatic heterocycles. The first kappa shape index (κ1) is 20.6. The second-order valence-electron chi connectivity index (χ2n) is 5.80. The normalized spacial score (nSPS) is 11.5. The molecular formula is C18H21BrN4O4. The van der Waals surface area contributed by atoms with Crippen LogP contribution < -0.4 is 10.6 Å². The molecule has 2 amide bonds. The third-order valence-electron chi connectivity index (χ3n) is 3.73. The van der Waals surface area contributed by atoms with Crippen molar-refractivity contribution in [2.75, 3.05) is 12.4 Å². The zero-order valence-corrected chi connectivity index (χ0v) is 16.7. The van der Waals surface area contributed by atoms with Gasteiger partial charge in [0.25, 0.3) is 0 Å². The first-order chi connectivity index (χ1) is 12.9. The summed E-state index contributed by atoms with van der Waals surface area (Å²) in [7, 11) is 1.27. The van der Waals surface area contributed by atoms with Crippen LogP contribution in [0.3, 0.4) is 0 Å². The van der Waals surface area contributed by atoms with E-state index in [0.717, 1.165) is 10.9 Å². The Morgan fingerprint density at radius 3 is 2.56 bits per heavy atom. The number of nitrogens with one attached hydrogen (secondary N) is 2. The van der Waals surface area contributed by atoms with Gasteiger partial charge < -0.3 is 15.4 Å². The van der Waals surface area contributed by atoms with Gasteiger partial charge >= 0.3 is 17.8 Å². The summed E-state index contributed by atoms with van der Waals surface area (Å²) >= 11 is 3.33. The van der Waals surface area contributed by atoms with E-state index in [0.29, 0.717) is 17.8 Å². The predicted octanol–water partition coefficient (Wildman–Crippen LogP) is 2.41. The first-order valence-corrected chi connectivity index (χ1v) is 9.18. The number of amides is 2. The summed E-state index contributed by atoms with van der Waals surface area (Å²) < 4.78 is 7.21. The van der Waals surface area contributed by atoms with Gasteiger partial charge in [0.05, 0.1) is 31.5 Å². The van der Waals surface area contributed by atoms with Crippen LogP contribution in [-0.4, -0.2) is 34.7 Å². The number of rotatable bonds is 7. The third kappa shape index (κ3) is 6.21. The molecule has 2 N–H and O–H groups in total. The average molecular weight is 437 g/mol. The number of nitrogens with zero attached hydrogens (tertiary/aromatic N) is 2. The molecule has 8 nitrogen and oxygen atoms in total. The highest BCUT2D eigenvalue weighted by atomic mass is 79.9. The van der Waals surface area contributed by atoms with Crippen LogP contribution >= 0.6 is 15.9 Å². The molecule has 144 valence electrons. The minimum Gasteiger partial charge on any atom is -0.469 e. The molecule has 1 aromatic carbocycles. The number of esters is 1. The second-order valence-corrected chi connectivity index (χ2v) is 6.72. The number of benzene rings is 1. The number of anilines is 1. The molecule has 0 bridgehead atoms. The summed E-state index contributed by atoms with van der Waals surface area (Å²) in [6, 6.07) is 6.39. The Labute approximate surface area is 165 Å². The van der Waals surface area contributed by atoms with Crippen molar-refractivity contribution in [2.24, 2.45) is 0 Å². The Balaban J connectivity index is 2.05. The molecule has 2 rings (SSSR count). The number of carbonyl (C=O) groups excluding carboxylic acids is 3. The standard InChI is InChI=1S/C18H21BrN4O4/c1-3-8-23-11-14(10-20-23)21-17(25)18(26)22-15(9-16(24)27-2)12-4-6-13(19)7-5-12/h4-7,10-11,15H,3,8-9H2,1-2H3,(H,21,25)(H,22,26). The molecule has 0 fully saturated rings. The largest absolute Gasteiger partial charge is 0.469 e. The number of hydrogen-bond acceptors (Lipinski definition) is 5. The summed E-state index contributed by atoms with van der Waals surface area (Å²) in [5.41, 5.74) is 1.11. The van der Waals surface area contributed by atoms with Crippen molar-refractivity contribution in [3.05, 3.63) is 46.7 Å². The van der Waals surface area contributed by atoms with Crippen LogP contribution in [0.15, 0.2) is 41.1 Å². The van der Waals surface area contributed by atoms with Crippen LogP contribution in [0.4, 0.5) is 5.69 Å². The van der Waals surface area contributed by atoms with Gasteiger partial charge in [0.2, 0.25) is 0 Å². The van der Waals surface area contributed by atoms with Crippen LogP contribution in [0.1, 0.15) is 31.4 Å². The Morgan fingerprint density at radius 1 is 1.22 bits per heavy atom. The average Bonchev–Trinajstić information content (AvgIpc) is 3.08. The second kappa shape index (κ2) is 9.86. The number of halogens is 1. The van der Waals surface area contributed by atoms with Gasteiger partial charge in [-0.25, -0.2) is 0 Å². The zero-order chi connectivity index (χ0) is 19.8. The molecule has 2 aromatic rings. The van der Waals surface area contributed by atoms with Gasteiger partial charge in [-0.1, -0.05) is 35.0 Å². The molecule has 0 saturated heterocycles. The van der Waals surface area contributed by atoms with Crippen molar-refractivity contribution >= 4 is 39.4 Å². The molecule has 0 aliphatic carbocycles. The van der Waals surface area contributed by atoms with Crippen molar-refractivity contribution in [3.63, 3.8) is 0 Å². The summed E-state index contributed by atoms with van der Waals surface area (Å²) in [6.07, 6.45) is 3.93. The molecule has 1 heterocycles. The molecule has 1 aromatic heterocycles. The van der Waals surface area contributed by atoms with Crippen LogP contribution in [0.25, 0.3) is 0 Å². The smallest absolute Gasteiger partial charge is 0.313 e. The van der Waals surface area contributed by atoms with Gasteiger partial charge in [0, 0.05) is 17.2 Å². The highest BCUT2D eigenvalue weighted by molar-refractivity contribution is 9.10. The summed E-state index contributed by atoms with van der Waals surface area (Å²) in [4.78, 5) is 36.1. The predicted molar refractivity (Wildman–Crippen MR) is 103 cm³/mol. The lowest BCUT2D eigenvalue weighted by Crippen LogP contribution is -2.38. The molecule has 1 atom stereocenters. The molecular weight excluding hydrogens is 416 g/mol. The highest BCUT2D eigenvalue weighted by Crippen LogP contribution is 2.20. The number of ether oxygens (including phenoxy) is 1. The van der Waals surface area contributed by atoms with Crippen molar-refractivity contribution in [2.45, 2.75) is 32.4 Å². The zero-order valence-electron chi connectivity index (χ0n) is 15.1. The molecule has 0 radical (unpaired) electrons. The molecule has 1 unspecified atom stereocenters. The lowest BCUT2D eigenvalue weighted by Gasteiger charge is -2.18. The molecule has 0 spiro atoms. The minimum absolute atomic E-state index is 0.0917. The Bertz CT molecular complexity index is 804. The monoisotopic (exact) mass is 436 g/mol. The van der Waals surface area contributed by atoms with Crippen LogP contribution in [0.2, 0.25) is 0 Å². The van der Waals surface area contributed by atoms with E-state index in [1.807, 2.05) is 6.92 Å². The maximum absolute atomic E-state index is 12.3. The quantitative estimate of drug-likeness (QED) is 0.512. The van der Waals surface area contributed by atoms with Crippen LogP contribution in [0, 0.1) is 0 Å². The van der Waals surface area contributed by atoms with Gasteiger partial charge in [0.1, 0.15) is 0 Å². The molecule has 0 aliphatic rings. The van der Waals surface area contributed by atoms with E-state index >= 15 is 0 Å². The Kier molecular flexibility index (Phi) is 7.54. The first-order valence-electron chi connectivity index (χ1n) is 8.39. The SMILES string of the molecule is CCCn1cc(NC(=O)C(=O)NC(CC(=O)OC)c2ccc(Br)cc2)cn1. The van der Waals surface area contributed by atoms with Gasteiger partial charge in [-0.15, -0.1) is 0 Å². The molecule has 0 saturated carbocycles. The highest BCUT2D eigenvalue weighted by Gasteiger charge is 2.23.